The predicted octanol–water partition coefficient (Wildman–Crippen LogP) is 1.33. The molecule has 20 nitrogen and oxygen atoms in total. The summed E-state index contributed by atoms with van der Waals surface area (Å²) in [5, 5.41) is 51.7. The first-order chi connectivity index (χ1) is 24.9. The zero-order valence-corrected chi connectivity index (χ0v) is 29.6. The van der Waals surface area contributed by atoms with Gasteiger partial charge in [-0.25, -0.2) is 21.7 Å². The van der Waals surface area contributed by atoms with Gasteiger partial charge < -0.3 is 33.6 Å². The van der Waals surface area contributed by atoms with Crippen LogP contribution >= 0.6 is 0 Å². The van der Waals surface area contributed by atoms with E-state index in [9.17, 15) is 9.59 Å². The van der Waals surface area contributed by atoms with Gasteiger partial charge in [0.1, 0.15) is 0 Å². The van der Waals surface area contributed by atoms with Gasteiger partial charge in [-0.2, -0.15) is 20.4 Å². The zero-order valence-electron chi connectivity index (χ0n) is 29.6. The molecule has 18 N–H and O–H groups in total. The summed E-state index contributed by atoms with van der Waals surface area (Å²) >= 11 is 0. The summed E-state index contributed by atoms with van der Waals surface area (Å²) in [7, 11) is 0. The Kier molecular flexibility index (Phi) is 13.4. The summed E-state index contributed by atoms with van der Waals surface area (Å²) in [6.07, 6.45) is 0. The van der Waals surface area contributed by atoms with E-state index in [1.54, 1.807) is 89.2 Å². The van der Waals surface area contributed by atoms with E-state index < -0.39 is 11.8 Å². The number of carbonyl (C=O) groups is 2. The summed E-state index contributed by atoms with van der Waals surface area (Å²) in [6, 6.07) is 14.9. The van der Waals surface area contributed by atoms with Crippen molar-refractivity contribution in [1.29, 1.82) is 21.6 Å². The summed E-state index contributed by atoms with van der Waals surface area (Å²) in [6.45, 7) is 8.37. The Morgan fingerprint density at radius 2 is 0.774 bits per heavy atom. The molecule has 0 aromatic heterocycles. The molecular weight excluding hydrogens is 680 g/mol. The fraction of sp³-hybridized carbons (Fsp3) is 0.152. The summed E-state index contributed by atoms with van der Waals surface area (Å²) in [4.78, 5) is 27.4. The Balaban J connectivity index is 2.00. The molecule has 0 unspecified atom stereocenters. The SMILES string of the molecule is C/C(=N\NC(=N)N)c1cc(NC(=O)c2cccc(C(=O)Nc3cc(/C(C)=N/NC(=N)N)cc(/C(C)=N/NC(=N)N)c3)c2C)cc(/C(C)=N/NC(=N)N)c1. The number of hydrogen-bond acceptors (Lipinski definition) is 10. The molecule has 53 heavy (non-hydrogen) atoms. The topological polar surface area (TPSA) is 355 Å². The molecule has 0 fully saturated rings. The lowest BCUT2D eigenvalue weighted by atomic mass is 9.99. The molecule has 3 rings (SSSR count). The molecule has 276 valence electrons. The monoisotopic (exact) mass is 722 g/mol. The second-order valence-corrected chi connectivity index (χ2v) is 11.4. The van der Waals surface area contributed by atoms with Crippen LogP contribution in [0, 0.1) is 28.6 Å². The third-order valence-corrected chi connectivity index (χ3v) is 7.25. The first kappa shape index (κ1) is 39.8. The largest absolute Gasteiger partial charge is 0.369 e. The number of nitrogens with zero attached hydrogens (tertiary/aromatic N) is 4. The van der Waals surface area contributed by atoms with Gasteiger partial charge in [0.15, 0.2) is 0 Å². The van der Waals surface area contributed by atoms with E-state index in [2.05, 4.69) is 52.7 Å². The Labute approximate surface area is 304 Å². The molecule has 0 saturated heterocycles. The molecule has 3 aromatic rings. The maximum atomic E-state index is 13.7. The van der Waals surface area contributed by atoms with Crippen LogP contribution in [-0.2, 0) is 0 Å². The predicted molar refractivity (Wildman–Crippen MR) is 209 cm³/mol. The van der Waals surface area contributed by atoms with Crippen molar-refractivity contribution in [2.75, 3.05) is 10.6 Å². The maximum absolute atomic E-state index is 13.7. The van der Waals surface area contributed by atoms with Crippen LogP contribution in [0.5, 0.6) is 0 Å². The molecule has 0 spiro atoms. The highest BCUT2D eigenvalue weighted by atomic mass is 16.2. The Hall–Kier alpha value is -7.64. The minimum Gasteiger partial charge on any atom is -0.369 e. The lowest BCUT2D eigenvalue weighted by Crippen LogP contribution is -2.27. The number of nitrogens with two attached hydrogens (primary N) is 4. The first-order valence-corrected chi connectivity index (χ1v) is 15.6. The van der Waals surface area contributed by atoms with Crippen molar-refractivity contribution in [1.82, 2.24) is 21.7 Å². The van der Waals surface area contributed by atoms with Gasteiger partial charge in [-0.05, 0) is 88.7 Å². The molecule has 0 aliphatic heterocycles. The van der Waals surface area contributed by atoms with Crippen LogP contribution in [0.2, 0.25) is 0 Å². The summed E-state index contributed by atoms with van der Waals surface area (Å²) < 4.78 is 0. The number of guanidine groups is 4. The summed E-state index contributed by atoms with van der Waals surface area (Å²) in [5.41, 5.74) is 36.7. The molecule has 0 aliphatic rings. The molecule has 20 heteroatoms. The van der Waals surface area contributed by atoms with Crippen LogP contribution in [0.3, 0.4) is 0 Å². The highest BCUT2D eigenvalue weighted by Gasteiger charge is 2.18. The number of nitrogens with one attached hydrogen (secondary N) is 10. The third-order valence-electron chi connectivity index (χ3n) is 7.25. The van der Waals surface area contributed by atoms with Crippen molar-refractivity contribution in [2.24, 2.45) is 43.3 Å². The number of amides is 2. The molecule has 0 radical (unpaired) electrons. The third kappa shape index (κ3) is 11.7. The average Bonchev–Trinajstić information content (AvgIpc) is 3.10. The van der Waals surface area contributed by atoms with E-state index >= 15 is 0 Å². The van der Waals surface area contributed by atoms with Gasteiger partial charge in [0.2, 0.25) is 23.8 Å². The number of carbonyl (C=O) groups excluding carboxylic acids is 2. The Bertz CT molecular complexity index is 1850. The number of hydrazone groups is 4. The van der Waals surface area contributed by atoms with E-state index in [1.165, 1.54) is 0 Å². The first-order valence-electron chi connectivity index (χ1n) is 15.6. The Morgan fingerprint density at radius 1 is 0.509 bits per heavy atom. The number of anilines is 2. The van der Waals surface area contributed by atoms with Crippen LogP contribution in [-0.4, -0.2) is 58.5 Å². The molecular formula is C33H42N18O2. The van der Waals surface area contributed by atoms with Crippen molar-refractivity contribution < 1.29 is 9.59 Å². The standard InChI is InChI=1S/C33H42N18O2/c1-15-26(28(52)42-24-11-20(16(2)44-48-30(34)35)9-21(12-24)17(3)45-49-31(36)37)7-6-8-27(15)29(53)43-25-13-22(18(4)46-50-32(38)39)10-23(14-25)19(5)47-51-33(40)41/h6-14H,1-5H3,(H,42,52)(H,43,53)(H4,34,35,48)(H4,36,37,49)(H4,38,39,50)(H4,40,41,51)/b44-16+,45-17+,46-18+,47-19+. The molecule has 3 aromatic carbocycles. The lowest BCUT2D eigenvalue weighted by Gasteiger charge is -2.15. The van der Waals surface area contributed by atoms with Crippen molar-refractivity contribution in [3.63, 3.8) is 0 Å². The zero-order chi connectivity index (χ0) is 39.4. The Morgan fingerprint density at radius 3 is 1.02 bits per heavy atom. The van der Waals surface area contributed by atoms with Gasteiger partial charge in [-0.3, -0.25) is 31.2 Å². The maximum Gasteiger partial charge on any atom is 0.255 e. The molecule has 0 aliphatic carbocycles. The summed E-state index contributed by atoms with van der Waals surface area (Å²) in [5.74, 6) is -2.45. The fourth-order valence-electron chi connectivity index (χ4n) is 4.59. The van der Waals surface area contributed by atoms with E-state index in [-0.39, 0.29) is 35.0 Å². The second-order valence-electron chi connectivity index (χ2n) is 11.4. The van der Waals surface area contributed by atoms with Crippen LogP contribution in [0.1, 0.15) is 76.2 Å². The highest BCUT2D eigenvalue weighted by Crippen LogP contribution is 2.23. The van der Waals surface area contributed by atoms with Gasteiger partial charge in [0.05, 0.1) is 22.8 Å². The van der Waals surface area contributed by atoms with Crippen LogP contribution in [0.25, 0.3) is 0 Å². The molecule has 0 atom stereocenters. The molecule has 2 amide bonds. The van der Waals surface area contributed by atoms with Crippen molar-refractivity contribution in [2.45, 2.75) is 34.6 Å². The van der Waals surface area contributed by atoms with Crippen molar-refractivity contribution in [3.05, 3.63) is 93.5 Å². The van der Waals surface area contributed by atoms with E-state index in [1.807, 2.05) is 0 Å². The van der Waals surface area contributed by atoms with E-state index in [0.29, 0.717) is 62.0 Å². The second kappa shape index (κ2) is 17.8. The van der Waals surface area contributed by atoms with Gasteiger partial charge >= 0.3 is 0 Å². The van der Waals surface area contributed by atoms with Crippen molar-refractivity contribution in [3.8, 4) is 0 Å². The van der Waals surface area contributed by atoms with Crippen LogP contribution in [0.4, 0.5) is 11.4 Å². The lowest BCUT2D eigenvalue weighted by molar-refractivity contribution is 0.102. The average molecular weight is 723 g/mol. The van der Waals surface area contributed by atoms with Crippen LogP contribution < -0.4 is 55.3 Å². The minimum atomic E-state index is -0.507. The van der Waals surface area contributed by atoms with Gasteiger partial charge in [-0.15, -0.1) is 0 Å². The van der Waals surface area contributed by atoms with E-state index in [4.69, 9.17) is 44.6 Å². The minimum absolute atomic E-state index is 0.225. The molecule has 0 saturated carbocycles. The fourth-order valence-corrected chi connectivity index (χ4v) is 4.59. The van der Waals surface area contributed by atoms with Gasteiger partial charge in [-0.1, -0.05) is 6.07 Å². The van der Waals surface area contributed by atoms with E-state index in [0.717, 1.165) is 0 Å². The number of rotatable bonds is 12. The van der Waals surface area contributed by atoms with Gasteiger partial charge in [0, 0.05) is 44.8 Å². The number of hydrogen-bond donors (Lipinski definition) is 14. The quantitative estimate of drug-likeness (QED) is 0.0722. The van der Waals surface area contributed by atoms with Crippen LogP contribution in [0.15, 0.2) is 75.0 Å². The molecule has 0 bridgehead atoms. The van der Waals surface area contributed by atoms with Gasteiger partial charge in [0.25, 0.3) is 11.8 Å². The number of benzene rings is 3. The van der Waals surface area contributed by atoms with Crippen molar-refractivity contribution >= 4 is 69.9 Å². The molecule has 0 heterocycles. The smallest absolute Gasteiger partial charge is 0.255 e. The highest BCUT2D eigenvalue weighted by molar-refractivity contribution is 6.13. The normalized spacial score (nSPS) is 11.9.